The maximum absolute atomic E-state index is 13.0. The SMILES string of the molecule is CC[C@@H](C(=O)NC)N(Cc1cccc(C)c1)C(=O)CCc1ccccc1Cl. The highest BCUT2D eigenvalue weighted by Crippen LogP contribution is 2.19. The van der Waals surface area contributed by atoms with Crippen molar-refractivity contribution in [1.29, 1.82) is 0 Å². The molecule has 1 atom stereocenters. The molecule has 0 aromatic heterocycles. The highest BCUT2D eigenvalue weighted by Gasteiger charge is 2.27. The summed E-state index contributed by atoms with van der Waals surface area (Å²) < 4.78 is 0. The lowest BCUT2D eigenvalue weighted by atomic mass is 10.1. The second-order valence-electron chi connectivity index (χ2n) is 6.64. The maximum Gasteiger partial charge on any atom is 0.242 e. The number of benzene rings is 2. The van der Waals surface area contributed by atoms with Crippen molar-refractivity contribution in [3.05, 3.63) is 70.2 Å². The maximum atomic E-state index is 13.0. The van der Waals surface area contributed by atoms with Crippen LogP contribution in [0.5, 0.6) is 0 Å². The third-order valence-electron chi connectivity index (χ3n) is 4.63. The topological polar surface area (TPSA) is 49.4 Å². The Hall–Kier alpha value is -2.33. The molecule has 4 nitrogen and oxygen atoms in total. The van der Waals surface area contributed by atoms with Gasteiger partial charge in [-0.25, -0.2) is 0 Å². The Morgan fingerprint density at radius 1 is 1.15 bits per heavy atom. The van der Waals surface area contributed by atoms with E-state index in [4.69, 9.17) is 11.6 Å². The van der Waals surface area contributed by atoms with Crippen LogP contribution in [0.2, 0.25) is 5.02 Å². The summed E-state index contributed by atoms with van der Waals surface area (Å²) >= 11 is 6.21. The number of hydrogen-bond acceptors (Lipinski definition) is 2. The van der Waals surface area contributed by atoms with Gasteiger partial charge in [0, 0.05) is 25.0 Å². The van der Waals surface area contributed by atoms with Crippen LogP contribution in [-0.4, -0.2) is 29.8 Å². The van der Waals surface area contributed by atoms with Crippen LogP contribution >= 0.6 is 11.6 Å². The van der Waals surface area contributed by atoms with Crippen LogP contribution in [0.15, 0.2) is 48.5 Å². The molecule has 2 aromatic rings. The zero-order valence-corrected chi connectivity index (χ0v) is 16.9. The molecule has 0 bridgehead atoms. The summed E-state index contributed by atoms with van der Waals surface area (Å²) in [7, 11) is 1.60. The van der Waals surface area contributed by atoms with E-state index in [0.717, 1.165) is 16.7 Å². The van der Waals surface area contributed by atoms with Gasteiger partial charge in [0.15, 0.2) is 0 Å². The number of carbonyl (C=O) groups is 2. The van der Waals surface area contributed by atoms with Crippen molar-refractivity contribution in [3.8, 4) is 0 Å². The molecule has 0 spiro atoms. The third-order valence-corrected chi connectivity index (χ3v) is 5.00. The fourth-order valence-electron chi connectivity index (χ4n) is 3.18. The number of carbonyl (C=O) groups excluding carboxylic acids is 2. The summed E-state index contributed by atoms with van der Waals surface area (Å²) in [6.07, 6.45) is 1.42. The third kappa shape index (κ3) is 5.83. The van der Waals surface area contributed by atoms with Gasteiger partial charge in [-0.2, -0.15) is 0 Å². The van der Waals surface area contributed by atoms with Crippen molar-refractivity contribution in [2.45, 2.75) is 45.7 Å². The van der Waals surface area contributed by atoms with Gasteiger partial charge in [0.2, 0.25) is 11.8 Å². The molecular weight excluding hydrogens is 360 g/mol. The summed E-state index contributed by atoms with van der Waals surface area (Å²) in [6.45, 7) is 4.35. The Balaban J connectivity index is 2.20. The van der Waals surface area contributed by atoms with Gasteiger partial charge in [-0.1, -0.05) is 66.6 Å². The van der Waals surface area contributed by atoms with Crippen molar-refractivity contribution in [2.24, 2.45) is 0 Å². The summed E-state index contributed by atoms with van der Waals surface area (Å²) in [6, 6.07) is 15.1. The van der Waals surface area contributed by atoms with Gasteiger partial charge in [-0.05, 0) is 37.0 Å². The average molecular weight is 387 g/mol. The van der Waals surface area contributed by atoms with Crippen molar-refractivity contribution in [2.75, 3.05) is 7.05 Å². The normalized spacial score (nSPS) is 11.7. The number of halogens is 1. The van der Waals surface area contributed by atoms with Crippen molar-refractivity contribution < 1.29 is 9.59 Å². The zero-order valence-electron chi connectivity index (χ0n) is 16.2. The first-order valence-corrected chi connectivity index (χ1v) is 9.64. The monoisotopic (exact) mass is 386 g/mol. The molecular formula is C22H27ClN2O2. The molecule has 5 heteroatoms. The number of aryl methyl sites for hydroxylation is 2. The summed E-state index contributed by atoms with van der Waals surface area (Å²) in [5.74, 6) is -0.192. The molecule has 0 aliphatic rings. The molecule has 0 unspecified atom stereocenters. The number of amides is 2. The second kappa shape index (κ2) is 10.1. The van der Waals surface area contributed by atoms with Crippen molar-refractivity contribution in [3.63, 3.8) is 0 Å². The molecule has 0 aliphatic carbocycles. The van der Waals surface area contributed by atoms with E-state index in [0.29, 0.717) is 30.8 Å². The van der Waals surface area contributed by atoms with E-state index in [1.807, 2.05) is 62.4 Å². The Bertz CT molecular complexity index is 791. The van der Waals surface area contributed by atoms with E-state index in [9.17, 15) is 9.59 Å². The average Bonchev–Trinajstić information content (AvgIpc) is 2.66. The standard InChI is InChI=1S/C22H27ClN2O2/c1-4-20(22(27)24-3)25(15-17-9-7-8-16(2)14-17)21(26)13-12-18-10-5-6-11-19(18)23/h5-11,14,20H,4,12-13,15H2,1-3H3,(H,24,27)/t20-/m0/s1. The van der Waals surface area contributed by atoms with Gasteiger partial charge in [-0.15, -0.1) is 0 Å². The predicted molar refractivity (Wildman–Crippen MR) is 110 cm³/mol. The lowest BCUT2D eigenvalue weighted by molar-refractivity contribution is -0.141. The zero-order chi connectivity index (χ0) is 19.8. The van der Waals surface area contributed by atoms with Crippen LogP contribution in [-0.2, 0) is 22.6 Å². The van der Waals surface area contributed by atoms with Crippen LogP contribution < -0.4 is 5.32 Å². The number of nitrogens with one attached hydrogen (secondary N) is 1. The number of rotatable bonds is 8. The molecule has 1 N–H and O–H groups in total. The van der Waals surface area contributed by atoms with Crippen LogP contribution in [0.1, 0.15) is 36.5 Å². The molecule has 2 amide bonds. The predicted octanol–water partition coefficient (Wildman–Crippen LogP) is 4.13. The van der Waals surface area contributed by atoms with Crippen LogP contribution in [0.4, 0.5) is 0 Å². The molecule has 2 rings (SSSR count). The largest absolute Gasteiger partial charge is 0.357 e. The molecule has 0 saturated heterocycles. The van der Waals surface area contributed by atoms with Crippen molar-refractivity contribution in [1.82, 2.24) is 10.2 Å². The second-order valence-corrected chi connectivity index (χ2v) is 7.05. The molecule has 0 saturated carbocycles. The van der Waals surface area contributed by atoms with Gasteiger partial charge in [0.25, 0.3) is 0 Å². The Labute approximate surface area is 166 Å². The number of likely N-dealkylation sites (N-methyl/N-ethyl adjacent to an activating group) is 1. The minimum Gasteiger partial charge on any atom is -0.357 e. The first-order valence-electron chi connectivity index (χ1n) is 9.26. The quantitative estimate of drug-likeness (QED) is 0.741. The van der Waals surface area contributed by atoms with E-state index in [2.05, 4.69) is 5.32 Å². The minimum atomic E-state index is -0.491. The van der Waals surface area contributed by atoms with Gasteiger partial charge in [-0.3, -0.25) is 9.59 Å². The Morgan fingerprint density at radius 2 is 1.89 bits per heavy atom. The highest BCUT2D eigenvalue weighted by atomic mass is 35.5. The summed E-state index contributed by atoms with van der Waals surface area (Å²) in [4.78, 5) is 27.1. The smallest absolute Gasteiger partial charge is 0.242 e. The lowest BCUT2D eigenvalue weighted by Crippen LogP contribution is -2.48. The minimum absolute atomic E-state index is 0.0492. The van der Waals surface area contributed by atoms with Crippen LogP contribution in [0.25, 0.3) is 0 Å². The summed E-state index contributed by atoms with van der Waals surface area (Å²) in [5.41, 5.74) is 3.09. The highest BCUT2D eigenvalue weighted by molar-refractivity contribution is 6.31. The van der Waals surface area contributed by atoms with Crippen LogP contribution in [0, 0.1) is 6.92 Å². The van der Waals surface area contributed by atoms with Gasteiger partial charge < -0.3 is 10.2 Å². The van der Waals surface area contributed by atoms with Gasteiger partial charge in [0.1, 0.15) is 6.04 Å². The van der Waals surface area contributed by atoms with E-state index < -0.39 is 6.04 Å². The first-order chi connectivity index (χ1) is 13.0. The van der Waals surface area contributed by atoms with Crippen LogP contribution in [0.3, 0.4) is 0 Å². The number of hydrogen-bond donors (Lipinski definition) is 1. The lowest BCUT2D eigenvalue weighted by Gasteiger charge is -2.30. The van der Waals surface area contributed by atoms with Crippen molar-refractivity contribution >= 4 is 23.4 Å². The first kappa shape index (κ1) is 21.0. The van der Waals surface area contributed by atoms with E-state index in [1.54, 1.807) is 11.9 Å². The van der Waals surface area contributed by atoms with E-state index in [1.165, 1.54) is 0 Å². The molecule has 0 radical (unpaired) electrons. The van der Waals surface area contributed by atoms with E-state index >= 15 is 0 Å². The van der Waals surface area contributed by atoms with Gasteiger partial charge >= 0.3 is 0 Å². The van der Waals surface area contributed by atoms with Gasteiger partial charge in [0.05, 0.1) is 0 Å². The Kier molecular flexibility index (Phi) is 7.86. The molecule has 27 heavy (non-hydrogen) atoms. The number of nitrogens with zero attached hydrogens (tertiary/aromatic N) is 1. The Morgan fingerprint density at radius 3 is 2.52 bits per heavy atom. The molecule has 0 heterocycles. The molecule has 144 valence electrons. The molecule has 0 fully saturated rings. The molecule has 2 aromatic carbocycles. The molecule has 0 aliphatic heterocycles. The fourth-order valence-corrected chi connectivity index (χ4v) is 3.41. The fraction of sp³-hybridized carbons (Fsp3) is 0.364. The summed E-state index contributed by atoms with van der Waals surface area (Å²) in [5, 5.41) is 3.34. The van der Waals surface area contributed by atoms with E-state index in [-0.39, 0.29) is 11.8 Å².